The minimum Gasteiger partial charge on any atom is -0.391 e. The number of aryl methyl sites for hydroxylation is 1. The van der Waals surface area contributed by atoms with Crippen LogP contribution in [0.15, 0.2) is 35.0 Å². The standard InChI is InChI=1S/C19H19ClN6O4/c1-25-18(14(11-22-25)17(27)26-9-2-10-26)29-19(28)21-8-7-15-23-16(24-30-15)12-3-5-13(20)6-4-12/h3-6,11H,2,7-10H2,1H3,(H,21,28). The van der Waals surface area contributed by atoms with Crippen molar-refractivity contribution >= 4 is 23.6 Å². The summed E-state index contributed by atoms with van der Waals surface area (Å²) in [5.74, 6) is 0.715. The van der Waals surface area contributed by atoms with Gasteiger partial charge in [0.15, 0.2) is 0 Å². The molecule has 0 radical (unpaired) electrons. The Kier molecular flexibility index (Phi) is 5.66. The Morgan fingerprint density at radius 2 is 2.03 bits per heavy atom. The fourth-order valence-electron chi connectivity index (χ4n) is 2.85. The van der Waals surface area contributed by atoms with Crippen molar-refractivity contribution < 1.29 is 18.8 Å². The molecule has 0 atom stereocenters. The monoisotopic (exact) mass is 430 g/mol. The van der Waals surface area contributed by atoms with E-state index in [1.165, 1.54) is 10.9 Å². The number of hydrogen-bond acceptors (Lipinski definition) is 7. The highest BCUT2D eigenvalue weighted by Crippen LogP contribution is 2.22. The van der Waals surface area contributed by atoms with Gasteiger partial charge in [0.2, 0.25) is 17.6 Å². The van der Waals surface area contributed by atoms with E-state index in [9.17, 15) is 9.59 Å². The van der Waals surface area contributed by atoms with E-state index in [1.54, 1.807) is 36.2 Å². The molecule has 30 heavy (non-hydrogen) atoms. The first-order valence-corrected chi connectivity index (χ1v) is 9.74. The molecule has 0 bridgehead atoms. The van der Waals surface area contributed by atoms with Crippen LogP contribution < -0.4 is 10.1 Å². The van der Waals surface area contributed by atoms with E-state index in [2.05, 4.69) is 20.6 Å². The molecule has 1 aliphatic rings. The van der Waals surface area contributed by atoms with Crippen LogP contribution >= 0.6 is 11.6 Å². The molecule has 3 heterocycles. The van der Waals surface area contributed by atoms with Gasteiger partial charge in [-0.05, 0) is 30.7 Å². The number of nitrogens with zero attached hydrogens (tertiary/aromatic N) is 5. The highest BCUT2D eigenvalue weighted by atomic mass is 35.5. The first-order chi connectivity index (χ1) is 14.5. The number of rotatable bonds is 6. The zero-order valence-corrected chi connectivity index (χ0v) is 16.9. The number of amides is 2. The molecule has 0 unspecified atom stereocenters. The Hall–Kier alpha value is -3.40. The van der Waals surface area contributed by atoms with Crippen LogP contribution in [0.4, 0.5) is 4.79 Å². The molecule has 2 aromatic heterocycles. The molecule has 11 heteroatoms. The Morgan fingerprint density at radius 3 is 2.73 bits per heavy atom. The largest absolute Gasteiger partial charge is 0.413 e. The summed E-state index contributed by atoms with van der Waals surface area (Å²) in [7, 11) is 1.60. The van der Waals surface area contributed by atoms with E-state index in [4.69, 9.17) is 20.9 Å². The third kappa shape index (κ3) is 4.28. The van der Waals surface area contributed by atoms with Crippen LogP contribution in [-0.4, -0.2) is 56.5 Å². The van der Waals surface area contributed by atoms with Crippen molar-refractivity contribution in [3.63, 3.8) is 0 Å². The van der Waals surface area contributed by atoms with Crippen LogP contribution in [-0.2, 0) is 13.5 Å². The van der Waals surface area contributed by atoms with Gasteiger partial charge in [-0.2, -0.15) is 10.1 Å². The van der Waals surface area contributed by atoms with Crippen molar-refractivity contribution in [2.75, 3.05) is 19.6 Å². The maximum atomic E-state index is 12.4. The molecule has 4 rings (SSSR count). The lowest BCUT2D eigenvalue weighted by Gasteiger charge is -2.30. The maximum absolute atomic E-state index is 12.4. The number of carbonyl (C=O) groups is 2. The summed E-state index contributed by atoms with van der Waals surface area (Å²) < 4.78 is 11.9. The van der Waals surface area contributed by atoms with E-state index in [0.29, 0.717) is 36.2 Å². The van der Waals surface area contributed by atoms with E-state index in [0.717, 1.165) is 12.0 Å². The molecule has 10 nitrogen and oxygen atoms in total. The Balaban J connectivity index is 1.30. The smallest absolute Gasteiger partial charge is 0.391 e. The zero-order valence-electron chi connectivity index (χ0n) is 16.2. The minimum atomic E-state index is -0.700. The predicted molar refractivity (Wildman–Crippen MR) is 106 cm³/mol. The second-order valence-electron chi connectivity index (χ2n) is 6.72. The first-order valence-electron chi connectivity index (χ1n) is 9.37. The van der Waals surface area contributed by atoms with Crippen molar-refractivity contribution in [3.8, 4) is 17.3 Å². The highest BCUT2D eigenvalue weighted by molar-refractivity contribution is 6.30. The van der Waals surface area contributed by atoms with Crippen molar-refractivity contribution in [1.29, 1.82) is 0 Å². The van der Waals surface area contributed by atoms with Crippen LogP contribution in [0.2, 0.25) is 5.02 Å². The van der Waals surface area contributed by atoms with Crippen molar-refractivity contribution in [2.45, 2.75) is 12.8 Å². The van der Waals surface area contributed by atoms with Crippen LogP contribution in [0, 0.1) is 0 Å². The number of nitrogens with one attached hydrogen (secondary N) is 1. The molecule has 1 fully saturated rings. The second-order valence-corrected chi connectivity index (χ2v) is 7.15. The lowest BCUT2D eigenvalue weighted by atomic mass is 10.2. The summed E-state index contributed by atoms with van der Waals surface area (Å²) in [5, 5.41) is 11.2. The summed E-state index contributed by atoms with van der Waals surface area (Å²) in [6.07, 6.45) is 1.99. The number of benzene rings is 1. The minimum absolute atomic E-state index is 0.104. The fourth-order valence-corrected chi connectivity index (χ4v) is 2.98. The average Bonchev–Trinajstić information content (AvgIpc) is 3.28. The third-order valence-electron chi connectivity index (χ3n) is 4.63. The molecule has 1 N–H and O–H groups in total. The van der Waals surface area contributed by atoms with Crippen molar-refractivity contribution in [2.24, 2.45) is 7.05 Å². The van der Waals surface area contributed by atoms with E-state index in [-0.39, 0.29) is 23.9 Å². The number of ether oxygens (including phenoxy) is 1. The number of likely N-dealkylation sites (tertiary alicyclic amines) is 1. The summed E-state index contributed by atoms with van der Waals surface area (Å²) in [5.41, 5.74) is 1.04. The Bertz CT molecular complexity index is 1060. The zero-order chi connectivity index (χ0) is 21.1. The normalized spacial score (nSPS) is 13.1. The third-order valence-corrected chi connectivity index (χ3v) is 4.88. The van der Waals surface area contributed by atoms with Crippen molar-refractivity contribution in [1.82, 2.24) is 30.1 Å². The van der Waals surface area contributed by atoms with E-state index < -0.39 is 6.09 Å². The lowest BCUT2D eigenvalue weighted by molar-refractivity contribution is 0.0648. The van der Waals surface area contributed by atoms with Gasteiger partial charge in [0, 0.05) is 43.7 Å². The number of aromatic nitrogens is 4. The fraction of sp³-hybridized carbons (Fsp3) is 0.316. The second kappa shape index (κ2) is 8.54. The molecule has 0 aliphatic carbocycles. The van der Waals surface area contributed by atoms with Crippen LogP contribution in [0.3, 0.4) is 0 Å². The Morgan fingerprint density at radius 1 is 1.27 bits per heavy atom. The molecule has 2 amide bonds. The van der Waals surface area contributed by atoms with Gasteiger partial charge in [-0.25, -0.2) is 9.48 Å². The molecule has 1 saturated heterocycles. The van der Waals surface area contributed by atoms with Crippen LogP contribution in [0.5, 0.6) is 5.88 Å². The highest BCUT2D eigenvalue weighted by Gasteiger charge is 2.27. The Labute approximate surface area is 176 Å². The quantitative estimate of drug-likeness (QED) is 0.637. The first kappa shape index (κ1) is 19.9. The summed E-state index contributed by atoms with van der Waals surface area (Å²) in [6, 6.07) is 7.06. The van der Waals surface area contributed by atoms with Crippen LogP contribution in [0.1, 0.15) is 22.7 Å². The topological polar surface area (TPSA) is 115 Å². The van der Waals surface area contributed by atoms with Crippen molar-refractivity contribution in [3.05, 3.63) is 46.9 Å². The molecular formula is C19H19ClN6O4. The molecule has 1 aliphatic heterocycles. The number of hydrogen-bond donors (Lipinski definition) is 1. The van der Waals surface area contributed by atoms with Gasteiger partial charge < -0.3 is 19.5 Å². The lowest BCUT2D eigenvalue weighted by Crippen LogP contribution is -2.42. The summed E-state index contributed by atoms with van der Waals surface area (Å²) in [4.78, 5) is 30.5. The number of carbonyl (C=O) groups excluding carboxylic acids is 2. The van der Waals surface area contributed by atoms with Gasteiger partial charge >= 0.3 is 6.09 Å². The molecule has 156 valence electrons. The maximum Gasteiger partial charge on any atom is 0.413 e. The van der Waals surface area contributed by atoms with E-state index >= 15 is 0 Å². The SMILES string of the molecule is Cn1ncc(C(=O)N2CCC2)c1OC(=O)NCCc1nc(-c2ccc(Cl)cc2)no1. The van der Waals surface area contributed by atoms with Gasteiger partial charge in [-0.15, -0.1) is 0 Å². The van der Waals surface area contributed by atoms with Gasteiger partial charge in [0.25, 0.3) is 5.91 Å². The van der Waals surface area contributed by atoms with Gasteiger partial charge in [-0.1, -0.05) is 16.8 Å². The van der Waals surface area contributed by atoms with Crippen LogP contribution in [0.25, 0.3) is 11.4 Å². The molecule has 0 saturated carbocycles. The molecular weight excluding hydrogens is 412 g/mol. The number of halogens is 1. The molecule has 3 aromatic rings. The average molecular weight is 431 g/mol. The van der Waals surface area contributed by atoms with Gasteiger partial charge in [0.1, 0.15) is 5.56 Å². The van der Waals surface area contributed by atoms with Gasteiger partial charge in [-0.3, -0.25) is 4.79 Å². The predicted octanol–water partition coefficient (Wildman–Crippen LogP) is 2.30. The van der Waals surface area contributed by atoms with Gasteiger partial charge in [0.05, 0.1) is 6.20 Å². The molecule has 0 spiro atoms. The summed E-state index contributed by atoms with van der Waals surface area (Å²) in [6.45, 7) is 1.61. The molecule has 1 aromatic carbocycles. The van der Waals surface area contributed by atoms with E-state index in [1.807, 2.05) is 0 Å². The summed E-state index contributed by atoms with van der Waals surface area (Å²) >= 11 is 5.87.